The Morgan fingerprint density at radius 1 is 1.00 bits per heavy atom. The number of morpholine rings is 1. The number of halogens is 1. The molecule has 40 heavy (non-hydrogen) atoms. The third kappa shape index (κ3) is 5.59. The fourth-order valence-corrected chi connectivity index (χ4v) is 6.10. The van der Waals surface area contributed by atoms with Crippen molar-refractivity contribution in [2.24, 2.45) is 0 Å². The smallest absolute Gasteiger partial charge is 0.318 e. The number of carbonyl (C=O) groups excluding carboxylic acids is 1. The molecule has 3 aromatic rings. The summed E-state index contributed by atoms with van der Waals surface area (Å²) >= 11 is 6.64. The Hall–Kier alpha value is -3.40. The van der Waals surface area contributed by atoms with E-state index in [0.717, 1.165) is 97.5 Å². The number of fused-ring (bicyclic) bond motifs is 2. The van der Waals surface area contributed by atoms with Gasteiger partial charge in [-0.05, 0) is 23.9 Å². The first-order valence-electron chi connectivity index (χ1n) is 14.0. The number of methoxy groups -OCH3 is 1. The molecule has 10 heteroatoms. The van der Waals surface area contributed by atoms with E-state index < -0.39 is 0 Å². The number of carbonyl (C=O) groups is 1. The Labute approximate surface area is 239 Å². The number of hydrogen-bond acceptors (Lipinski definition) is 8. The van der Waals surface area contributed by atoms with Crippen molar-refractivity contribution in [3.63, 3.8) is 0 Å². The van der Waals surface area contributed by atoms with Crippen LogP contribution < -0.4 is 14.5 Å². The van der Waals surface area contributed by atoms with E-state index in [4.69, 9.17) is 31.0 Å². The first kappa shape index (κ1) is 26.8. The van der Waals surface area contributed by atoms with E-state index >= 15 is 0 Å². The second-order valence-electron chi connectivity index (χ2n) is 10.4. The minimum atomic E-state index is 0.0691. The summed E-state index contributed by atoms with van der Waals surface area (Å²) in [4.78, 5) is 31.2. The molecular weight excluding hydrogens is 528 g/mol. The van der Waals surface area contributed by atoms with Crippen molar-refractivity contribution in [2.75, 3.05) is 82.5 Å². The van der Waals surface area contributed by atoms with E-state index in [1.165, 1.54) is 0 Å². The zero-order chi connectivity index (χ0) is 27.5. The molecule has 0 saturated carbocycles. The van der Waals surface area contributed by atoms with Crippen LogP contribution in [0.3, 0.4) is 0 Å². The molecule has 210 valence electrons. The maximum atomic E-state index is 12.8. The summed E-state index contributed by atoms with van der Waals surface area (Å²) < 4.78 is 10.9. The number of benzene rings is 2. The number of anilines is 2. The lowest BCUT2D eigenvalue weighted by Crippen LogP contribution is -2.49. The van der Waals surface area contributed by atoms with Gasteiger partial charge in [-0.3, -0.25) is 9.69 Å². The van der Waals surface area contributed by atoms with Crippen LogP contribution in [-0.2, 0) is 22.5 Å². The van der Waals surface area contributed by atoms with Crippen LogP contribution in [0.2, 0.25) is 5.02 Å². The molecule has 2 aromatic carbocycles. The summed E-state index contributed by atoms with van der Waals surface area (Å²) in [6.07, 6.45) is 4.51. The first-order valence-corrected chi connectivity index (χ1v) is 14.3. The number of rotatable bonds is 6. The van der Waals surface area contributed by atoms with Crippen molar-refractivity contribution in [1.82, 2.24) is 19.8 Å². The average molecular weight is 563 g/mol. The second-order valence-corrected chi connectivity index (χ2v) is 10.8. The van der Waals surface area contributed by atoms with Gasteiger partial charge in [0.2, 0.25) is 5.91 Å². The summed E-state index contributed by atoms with van der Waals surface area (Å²) in [5.41, 5.74) is 3.25. The normalized spacial score (nSPS) is 18.4. The highest BCUT2D eigenvalue weighted by Gasteiger charge is 2.29. The second kappa shape index (κ2) is 12.0. The minimum Gasteiger partial charge on any atom is -0.467 e. The Balaban J connectivity index is 1.15. The number of aromatic nitrogens is 2. The lowest BCUT2D eigenvalue weighted by molar-refractivity contribution is -0.126. The molecule has 6 rings (SSSR count). The van der Waals surface area contributed by atoms with Crippen LogP contribution in [0.15, 0.2) is 48.6 Å². The lowest BCUT2D eigenvalue weighted by atomic mass is 10.0. The maximum Gasteiger partial charge on any atom is 0.318 e. The molecule has 2 fully saturated rings. The molecule has 9 nitrogen and oxygen atoms in total. The Bertz CT molecular complexity index is 1400. The van der Waals surface area contributed by atoms with Crippen molar-refractivity contribution >= 4 is 39.8 Å². The predicted octanol–water partition coefficient (Wildman–Crippen LogP) is 3.39. The number of nitrogens with zero attached hydrogens (tertiary/aromatic N) is 6. The van der Waals surface area contributed by atoms with Crippen LogP contribution >= 0.6 is 11.6 Å². The molecule has 0 atom stereocenters. The van der Waals surface area contributed by atoms with Crippen molar-refractivity contribution in [3.05, 3.63) is 64.8 Å². The zero-order valence-electron chi connectivity index (χ0n) is 22.9. The van der Waals surface area contributed by atoms with E-state index in [9.17, 15) is 4.79 Å². The highest BCUT2D eigenvalue weighted by molar-refractivity contribution is 6.36. The number of piperazine rings is 1. The fraction of sp³-hybridized carbons (Fsp3) is 0.433. The largest absolute Gasteiger partial charge is 0.467 e. The highest BCUT2D eigenvalue weighted by atomic mass is 35.5. The summed E-state index contributed by atoms with van der Waals surface area (Å²) in [6.45, 7) is 8.37. The monoisotopic (exact) mass is 562 g/mol. The van der Waals surface area contributed by atoms with E-state index in [0.29, 0.717) is 25.6 Å². The summed E-state index contributed by atoms with van der Waals surface area (Å²) in [7, 11) is 1.61. The quantitative estimate of drug-likeness (QED) is 0.423. The Kier molecular flexibility index (Phi) is 8.04. The van der Waals surface area contributed by atoms with Gasteiger partial charge in [-0.2, -0.15) is 9.97 Å². The number of ether oxygens (including phenoxy) is 2. The van der Waals surface area contributed by atoms with Gasteiger partial charge in [0.15, 0.2) is 0 Å². The molecule has 0 bridgehead atoms. The van der Waals surface area contributed by atoms with Gasteiger partial charge < -0.3 is 24.2 Å². The van der Waals surface area contributed by atoms with Gasteiger partial charge in [0.1, 0.15) is 5.82 Å². The third-order valence-corrected chi connectivity index (χ3v) is 8.31. The molecule has 3 aliphatic rings. The van der Waals surface area contributed by atoms with Crippen molar-refractivity contribution < 1.29 is 14.3 Å². The summed E-state index contributed by atoms with van der Waals surface area (Å²) in [5.74, 6) is 0.993. The summed E-state index contributed by atoms with van der Waals surface area (Å²) in [5, 5.41) is 2.94. The van der Waals surface area contributed by atoms with Gasteiger partial charge in [-0.1, -0.05) is 41.9 Å². The zero-order valence-corrected chi connectivity index (χ0v) is 23.6. The maximum absolute atomic E-state index is 12.8. The molecule has 0 aliphatic carbocycles. The summed E-state index contributed by atoms with van der Waals surface area (Å²) in [6, 6.07) is 12.7. The van der Waals surface area contributed by atoms with Crippen molar-refractivity contribution in [2.45, 2.75) is 13.0 Å². The topological polar surface area (TPSA) is 74.3 Å². The fourth-order valence-electron chi connectivity index (χ4n) is 5.82. The first-order chi connectivity index (χ1) is 19.6. The molecule has 4 heterocycles. The van der Waals surface area contributed by atoms with E-state index in [2.05, 4.69) is 39.0 Å². The molecule has 0 radical (unpaired) electrons. The molecule has 0 N–H and O–H groups in total. The number of hydrogen-bond donors (Lipinski definition) is 0. The lowest BCUT2D eigenvalue weighted by Gasteiger charge is -2.38. The van der Waals surface area contributed by atoms with Gasteiger partial charge >= 0.3 is 6.01 Å². The van der Waals surface area contributed by atoms with Crippen LogP contribution in [0, 0.1) is 0 Å². The average Bonchev–Trinajstić information content (AvgIpc) is 3.00. The van der Waals surface area contributed by atoms with E-state index in [1.54, 1.807) is 13.2 Å². The molecule has 0 spiro atoms. The van der Waals surface area contributed by atoms with Gasteiger partial charge in [0.05, 0.1) is 37.6 Å². The SMILES string of the molecule is COc1nc2c(c(N3CCN(C(=O)/C=C/CN4CCOCC4)CC3)n1)CCN(c1cccc3cccc(Cl)c13)C2. The molecule has 0 unspecified atom stereocenters. The number of amides is 1. The van der Waals surface area contributed by atoms with Crippen LogP contribution in [0.25, 0.3) is 10.8 Å². The van der Waals surface area contributed by atoms with E-state index in [-0.39, 0.29) is 5.91 Å². The van der Waals surface area contributed by atoms with Gasteiger partial charge in [0, 0.05) is 75.1 Å². The molecular formula is C30H35ClN6O3. The molecule has 2 saturated heterocycles. The van der Waals surface area contributed by atoms with Crippen LogP contribution in [0.1, 0.15) is 11.3 Å². The third-order valence-electron chi connectivity index (χ3n) is 8.00. The minimum absolute atomic E-state index is 0.0691. The molecule has 1 aromatic heterocycles. The predicted molar refractivity (Wildman–Crippen MR) is 157 cm³/mol. The van der Waals surface area contributed by atoms with Crippen LogP contribution in [0.5, 0.6) is 6.01 Å². The Morgan fingerprint density at radius 2 is 1.77 bits per heavy atom. The molecule has 3 aliphatic heterocycles. The standard InChI is InChI=1S/C30H35ClN6O3/c1-39-30-32-25-21-37(26-8-3-6-22-5-2-7-24(31)28(22)26)12-10-23(25)29(33-30)36-15-13-35(14-16-36)27(38)9-4-11-34-17-19-40-20-18-34/h2-9H,10-21H2,1H3/b9-4+. The van der Waals surface area contributed by atoms with Gasteiger partial charge in [-0.25, -0.2) is 0 Å². The van der Waals surface area contributed by atoms with Crippen LogP contribution in [-0.4, -0.2) is 98.4 Å². The van der Waals surface area contributed by atoms with Crippen molar-refractivity contribution in [3.8, 4) is 6.01 Å². The van der Waals surface area contributed by atoms with E-state index in [1.807, 2.05) is 23.1 Å². The van der Waals surface area contributed by atoms with Gasteiger partial charge in [-0.15, -0.1) is 0 Å². The van der Waals surface area contributed by atoms with Crippen molar-refractivity contribution in [1.29, 1.82) is 0 Å². The van der Waals surface area contributed by atoms with Crippen LogP contribution in [0.4, 0.5) is 11.5 Å². The van der Waals surface area contributed by atoms with Gasteiger partial charge in [0.25, 0.3) is 0 Å². The Morgan fingerprint density at radius 3 is 2.55 bits per heavy atom. The highest BCUT2D eigenvalue weighted by Crippen LogP contribution is 2.37. The molecule has 1 amide bonds.